The standard InChI is InChI=1S/C11H13BrF3NO2/c1-2-17-9-4-7(5-16)3-8(12)10(9)18-6-11(13,14)15/h3-4H,2,5-6,16H2,1H3. The summed E-state index contributed by atoms with van der Waals surface area (Å²) in [5.74, 6) is 0.281. The van der Waals surface area contributed by atoms with E-state index in [1.807, 2.05) is 0 Å². The van der Waals surface area contributed by atoms with Gasteiger partial charge in [0, 0.05) is 6.54 Å². The second-order valence-corrected chi connectivity index (χ2v) is 4.30. The van der Waals surface area contributed by atoms with Crippen molar-refractivity contribution in [3.8, 4) is 11.5 Å². The predicted octanol–water partition coefficient (Wildman–Crippen LogP) is 3.25. The highest BCUT2D eigenvalue weighted by atomic mass is 79.9. The van der Waals surface area contributed by atoms with Crippen molar-refractivity contribution in [3.63, 3.8) is 0 Å². The summed E-state index contributed by atoms with van der Waals surface area (Å²) in [7, 11) is 0. The Kier molecular flexibility index (Phi) is 5.28. The van der Waals surface area contributed by atoms with Crippen LogP contribution in [-0.2, 0) is 6.54 Å². The lowest BCUT2D eigenvalue weighted by Crippen LogP contribution is -2.19. The van der Waals surface area contributed by atoms with E-state index in [1.54, 1.807) is 19.1 Å². The van der Waals surface area contributed by atoms with Crippen LogP contribution in [0.15, 0.2) is 16.6 Å². The summed E-state index contributed by atoms with van der Waals surface area (Å²) in [6.07, 6.45) is -4.39. The van der Waals surface area contributed by atoms with Crippen molar-refractivity contribution in [2.45, 2.75) is 19.6 Å². The number of benzene rings is 1. The Hall–Kier alpha value is -0.950. The van der Waals surface area contributed by atoms with Crippen molar-refractivity contribution >= 4 is 15.9 Å². The largest absolute Gasteiger partial charge is 0.490 e. The molecule has 1 aromatic carbocycles. The molecular weight excluding hydrogens is 315 g/mol. The van der Waals surface area contributed by atoms with Gasteiger partial charge in [0.25, 0.3) is 0 Å². The number of rotatable bonds is 5. The molecule has 0 bridgehead atoms. The minimum atomic E-state index is -4.39. The lowest BCUT2D eigenvalue weighted by molar-refractivity contribution is -0.153. The minimum Gasteiger partial charge on any atom is -0.490 e. The molecule has 0 spiro atoms. The fourth-order valence-electron chi connectivity index (χ4n) is 1.30. The van der Waals surface area contributed by atoms with Gasteiger partial charge >= 0.3 is 6.18 Å². The molecule has 3 nitrogen and oxygen atoms in total. The fraction of sp³-hybridized carbons (Fsp3) is 0.455. The van der Waals surface area contributed by atoms with Crippen LogP contribution in [0, 0.1) is 0 Å². The second-order valence-electron chi connectivity index (χ2n) is 3.45. The Morgan fingerprint density at radius 1 is 1.28 bits per heavy atom. The van der Waals surface area contributed by atoms with E-state index in [9.17, 15) is 13.2 Å². The van der Waals surface area contributed by atoms with E-state index < -0.39 is 12.8 Å². The van der Waals surface area contributed by atoms with Gasteiger partial charge in [-0.2, -0.15) is 13.2 Å². The molecule has 0 aromatic heterocycles. The van der Waals surface area contributed by atoms with Crippen LogP contribution in [0.1, 0.15) is 12.5 Å². The first-order chi connectivity index (χ1) is 8.37. The molecule has 0 fully saturated rings. The topological polar surface area (TPSA) is 44.5 Å². The number of hydrogen-bond acceptors (Lipinski definition) is 3. The SMILES string of the molecule is CCOc1cc(CN)cc(Br)c1OCC(F)(F)F. The van der Waals surface area contributed by atoms with Crippen molar-refractivity contribution < 1.29 is 22.6 Å². The van der Waals surface area contributed by atoms with E-state index in [1.165, 1.54) is 0 Å². The molecule has 18 heavy (non-hydrogen) atoms. The zero-order valence-electron chi connectivity index (χ0n) is 9.68. The highest BCUT2D eigenvalue weighted by Crippen LogP contribution is 2.37. The van der Waals surface area contributed by atoms with Gasteiger partial charge in [0.05, 0.1) is 11.1 Å². The summed E-state index contributed by atoms with van der Waals surface area (Å²) in [5.41, 5.74) is 6.22. The third-order valence-electron chi connectivity index (χ3n) is 1.99. The van der Waals surface area contributed by atoms with Gasteiger partial charge in [0.2, 0.25) is 0 Å². The van der Waals surface area contributed by atoms with Crippen molar-refractivity contribution in [2.24, 2.45) is 5.73 Å². The first kappa shape index (κ1) is 15.1. The van der Waals surface area contributed by atoms with Crippen LogP contribution in [0.5, 0.6) is 11.5 Å². The highest BCUT2D eigenvalue weighted by Gasteiger charge is 2.29. The molecule has 7 heteroatoms. The van der Waals surface area contributed by atoms with Gasteiger partial charge in [-0.3, -0.25) is 0 Å². The third-order valence-corrected chi connectivity index (χ3v) is 2.57. The Morgan fingerprint density at radius 3 is 2.44 bits per heavy atom. The molecule has 0 saturated heterocycles. The lowest BCUT2D eigenvalue weighted by atomic mass is 10.2. The van der Waals surface area contributed by atoms with Crippen LogP contribution in [0.2, 0.25) is 0 Å². The monoisotopic (exact) mass is 327 g/mol. The van der Waals surface area contributed by atoms with Crippen LogP contribution >= 0.6 is 15.9 Å². The summed E-state index contributed by atoms with van der Waals surface area (Å²) < 4.78 is 46.8. The molecule has 102 valence electrons. The molecule has 0 unspecified atom stereocenters. The van der Waals surface area contributed by atoms with E-state index >= 15 is 0 Å². The molecule has 0 atom stereocenters. The van der Waals surface area contributed by atoms with Crippen molar-refractivity contribution in [3.05, 3.63) is 22.2 Å². The molecule has 1 aromatic rings. The molecule has 0 saturated carbocycles. The fourth-order valence-corrected chi connectivity index (χ4v) is 1.90. The van der Waals surface area contributed by atoms with Gasteiger partial charge < -0.3 is 15.2 Å². The van der Waals surface area contributed by atoms with E-state index in [0.717, 1.165) is 5.56 Å². The molecule has 0 radical (unpaired) electrons. The maximum atomic E-state index is 12.1. The van der Waals surface area contributed by atoms with Crippen LogP contribution in [0.25, 0.3) is 0 Å². The normalized spacial score (nSPS) is 11.4. The first-order valence-corrected chi connectivity index (χ1v) is 6.01. The van der Waals surface area contributed by atoms with Crippen LogP contribution in [-0.4, -0.2) is 19.4 Å². The van der Waals surface area contributed by atoms with Gasteiger partial charge in [0.1, 0.15) is 0 Å². The number of alkyl halides is 3. The van der Waals surface area contributed by atoms with Gasteiger partial charge in [-0.05, 0) is 40.5 Å². The van der Waals surface area contributed by atoms with Crippen molar-refractivity contribution in [2.75, 3.05) is 13.2 Å². The second kappa shape index (κ2) is 6.29. The van der Waals surface area contributed by atoms with E-state index in [4.69, 9.17) is 15.2 Å². The van der Waals surface area contributed by atoms with E-state index in [-0.39, 0.29) is 18.0 Å². The Bertz CT molecular complexity index is 410. The maximum absolute atomic E-state index is 12.1. The average Bonchev–Trinajstić information content (AvgIpc) is 2.26. The summed E-state index contributed by atoms with van der Waals surface area (Å²) in [6, 6.07) is 3.17. The summed E-state index contributed by atoms with van der Waals surface area (Å²) >= 11 is 3.15. The number of halogens is 4. The smallest absolute Gasteiger partial charge is 0.422 e. The zero-order chi connectivity index (χ0) is 13.8. The molecule has 0 aliphatic heterocycles. The van der Waals surface area contributed by atoms with Crippen LogP contribution in [0.3, 0.4) is 0 Å². The zero-order valence-corrected chi connectivity index (χ0v) is 11.3. The van der Waals surface area contributed by atoms with E-state index in [2.05, 4.69) is 15.9 Å². The van der Waals surface area contributed by atoms with Gasteiger partial charge in [0.15, 0.2) is 18.1 Å². The van der Waals surface area contributed by atoms with Gasteiger partial charge in [-0.25, -0.2) is 0 Å². The molecule has 0 aliphatic carbocycles. The minimum absolute atomic E-state index is 0.0337. The number of hydrogen-bond donors (Lipinski definition) is 1. The van der Waals surface area contributed by atoms with Crippen molar-refractivity contribution in [1.82, 2.24) is 0 Å². The first-order valence-electron chi connectivity index (χ1n) is 5.22. The third kappa shape index (κ3) is 4.38. The average molecular weight is 328 g/mol. The molecular formula is C11H13BrF3NO2. The highest BCUT2D eigenvalue weighted by molar-refractivity contribution is 9.10. The van der Waals surface area contributed by atoms with E-state index in [0.29, 0.717) is 11.1 Å². The molecule has 0 heterocycles. The Morgan fingerprint density at radius 2 is 1.94 bits per heavy atom. The number of ether oxygens (including phenoxy) is 2. The molecule has 1 rings (SSSR count). The maximum Gasteiger partial charge on any atom is 0.422 e. The lowest BCUT2D eigenvalue weighted by Gasteiger charge is -2.16. The molecule has 0 amide bonds. The Labute approximate surface area is 111 Å². The quantitative estimate of drug-likeness (QED) is 0.902. The number of nitrogens with two attached hydrogens (primary N) is 1. The molecule has 2 N–H and O–H groups in total. The van der Waals surface area contributed by atoms with Gasteiger partial charge in [-0.15, -0.1) is 0 Å². The summed E-state index contributed by atoms with van der Waals surface area (Å²) in [5, 5.41) is 0. The van der Waals surface area contributed by atoms with Crippen LogP contribution < -0.4 is 15.2 Å². The van der Waals surface area contributed by atoms with Gasteiger partial charge in [-0.1, -0.05) is 0 Å². The Balaban J connectivity index is 3.00. The van der Waals surface area contributed by atoms with Crippen molar-refractivity contribution in [1.29, 1.82) is 0 Å². The van der Waals surface area contributed by atoms with Crippen LogP contribution in [0.4, 0.5) is 13.2 Å². The molecule has 0 aliphatic rings. The predicted molar refractivity (Wildman–Crippen MR) is 64.8 cm³/mol. The summed E-state index contributed by atoms with van der Waals surface area (Å²) in [4.78, 5) is 0. The summed E-state index contributed by atoms with van der Waals surface area (Å²) in [6.45, 7) is 0.950.